The molecule has 1 aliphatic rings. The van der Waals surface area contributed by atoms with Crippen molar-refractivity contribution in [2.45, 2.75) is 31.9 Å². The number of nitrogens with zero attached hydrogens (tertiary/aromatic N) is 1. The van der Waals surface area contributed by atoms with Gasteiger partial charge in [-0.3, -0.25) is 5.21 Å². The lowest BCUT2D eigenvalue weighted by Crippen LogP contribution is -2.40. The summed E-state index contributed by atoms with van der Waals surface area (Å²) >= 11 is 0. The number of benzene rings is 2. The lowest BCUT2D eigenvalue weighted by molar-refractivity contribution is -0.0760. The molecule has 2 aromatic carbocycles. The molecule has 2 amide bonds. The lowest BCUT2D eigenvalue weighted by Gasteiger charge is -2.20. The average molecular weight is 326 g/mol. The minimum Gasteiger partial charge on any atom is -0.489 e. The summed E-state index contributed by atoms with van der Waals surface area (Å²) in [5.74, 6) is 1.41. The van der Waals surface area contributed by atoms with Gasteiger partial charge >= 0.3 is 6.03 Å². The van der Waals surface area contributed by atoms with E-state index in [1.807, 2.05) is 61.5 Å². The Morgan fingerprint density at radius 1 is 1.25 bits per heavy atom. The Balaban J connectivity index is 1.55. The molecule has 1 fully saturated rings. The SMILES string of the molecule is CC(C1CC1c1ccc(OCc2ccccc2)cc1)N(O)C(N)=O. The summed E-state index contributed by atoms with van der Waals surface area (Å²) in [7, 11) is 0. The molecule has 3 unspecified atom stereocenters. The van der Waals surface area contributed by atoms with Gasteiger partial charge in [0.15, 0.2) is 0 Å². The van der Waals surface area contributed by atoms with E-state index in [9.17, 15) is 10.0 Å². The van der Waals surface area contributed by atoms with Crippen LogP contribution in [0.4, 0.5) is 4.79 Å². The Kier molecular flexibility index (Phi) is 4.71. The summed E-state index contributed by atoms with van der Waals surface area (Å²) in [6, 6.07) is 17.0. The first-order chi connectivity index (χ1) is 11.6. The van der Waals surface area contributed by atoms with E-state index in [2.05, 4.69) is 0 Å². The van der Waals surface area contributed by atoms with E-state index in [0.29, 0.717) is 17.6 Å². The zero-order chi connectivity index (χ0) is 17.1. The van der Waals surface area contributed by atoms with Gasteiger partial charge in [0.25, 0.3) is 0 Å². The van der Waals surface area contributed by atoms with Crippen molar-refractivity contribution in [1.29, 1.82) is 0 Å². The summed E-state index contributed by atoms with van der Waals surface area (Å²) < 4.78 is 5.78. The Morgan fingerprint density at radius 3 is 2.54 bits per heavy atom. The van der Waals surface area contributed by atoms with E-state index >= 15 is 0 Å². The Morgan fingerprint density at radius 2 is 1.92 bits per heavy atom. The minimum atomic E-state index is -0.808. The van der Waals surface area contributed by atoms with Crippen molar-refractivity contribution in [3.05, 3.63) is 65.7 Å². The third kappa shape index (κ3) is 3.68. The van der Waals surface area contributed by atoms with Crippen molar-refractivity contribution in [1.82, 2.24) is 5.06 Å². The smallest absolute Gasteiger partial charge is 0.338 e. The van der Waals surface area contributed by atoms with Crippen molar-refractivity contribution in [3.63, 3.8) is 0 Å². The van der Waals surface area contributed by atoms with Gasteiger partial charge in [0.2, 0.25) is 0 Å². The lowest BCUT2D eigenvalue weighted by atomic mass is 10.1. The number of carbonyl (C=O) groups is 1. The summed E-state index contributed by atoms with van der Waals surface area (Å²) in [4.78, 5) is 11.0. The van der Waals surface area contributed by atoms with Crippen molar-refractivity contribution < 1.29 is 14.7 Å². The van der Waals surface area contributed by atoms with Crippen LogP contribution in [0, 0.1) is 5.92 Å². The first-order valence-corrected chi connectivity index (χ1v) is 8.10. The normalized spacial score (nSPS) is 20.2. The molecule has 3 atom stereocenters. The second-order valence-corrected chi connectivity index (χ2v) is 6.27. The monoisotopic (exact) mass is 326 g/mol. The third-order valence-electron chi connectivity index (χ3n) is 4.63. The van der Waals surface area contributed by atoms with Crippen LogP contribution in [0.2, 0.25) is 0 Å². The molecule has 1 saturated carbocycles. The van der Waals surface area contributed by atoms with Crippen molar-refractivity contribution in [2.24, 2.45) is 11.7 Å². The molecule has 0 saturated heterocycles. The van der Waals surface area contributed by atoms with E-state index in [4.69, 9.17) is 10.5 Å². The van der Waals surface area contributed by atoms with Crippen LogP contribution in [-0.2, 0) is 6.61 Å². The summed E-state index contributed by atoms with van der Waals surface area (Å²) in [5, 5.41) is 10.3. The highest BCUT2D eigenvalue weighted by atomic mass is 16.5. The largest absolute Gasteiger partial charge is 0.489 e. The predicted octanol–water partition coefficient (Wildman–Crippen LogP) is 3.53. The number of hydroxylamine groups is 2. The maximum atomic E-state index is 11.0. The van der Waals surface area contributed by atoms with Crippen molar-refractivity contribution in [3.8, 4) is 5.75 Å². The van der Waals surface area contributed by atoms with Gasteiger partial charge in [-0.05, 0) is 48.4 Å². The summed E-state index contributed by atoms with van der Waals surface area (Å²) in [6.07, 6.45) is 0.940. The Hall–Kier alpha value is -2.53. The van der Waals surface area contributed by atoms with Crippen LogP contribution < -0.4 is 10.5 Å². The molecule has 126 valence electrons. The van der Waals surface area contributed by atoms with E-state index in [-0.39, 0.29) is 12.0 Å². The van der Waals surface area contributed by atoms with Crippen LogP contribution in [0.25, 0.3) is 0 Å². The zero-order valence-electron chi connectivity index (χ0n) is 13.6. The average Bonchev–Trinajstić information content (AvgIpc) is 3.40. The number of hydrogen-bond donors (Lipinski definition) is 2. The van der Waals surface area contributed by atoms with Gasteiger partial charge in [0.1, 0.15) is 12.4 Å². The molecule has 1 aliphatic carbocycles. The van der Waals surface area contributed by atoms with Gasteiger partial charge in [-0.2, -0.15) is 0 Å². The Labute approximate surface area is 141 Å². The van der Waals surface area contributed by atoms with Crippen molar-refractivity contribution >= 4 is 6.03 Å². The quantitative estimate of drug-likeness (QED) is 0.630. The van der Waals surface area contributed by atoms with Crippen LogP contribution in [0.5, 0.6) is 5.75 Å². The van der Waals surface area contributed by atoms with E-state index in [1.165, 1.54) is 5.56 Å². The van der Waals surface area contributed by atoms with Crippen LogP contribution in [0.15, 0.2) is 54.6 Å². The highest BCUT2D eigenvalue weighted by molar-refractivity contribution is 5.71. The standard InChI is InChI=1S/C19H22N2O3/c1-13(21(23)19(20)22)17-11-18(17)15-7-9-16(10-8-15)24-12-14-5-3-2-4-6-14/h2-10,13,17-18,23H,11-12H2,1H3,(H2,20,22). The van der Waals surface area contributed by atoms with Gasteiger partial charge in [0, 0.05) is 0 Å². The highest BCUT2D eigenvalue weighted by Gasteiger charge is 2.44. The first-order valence-electron chi connectivity index (χ1n) is 8.10. The molecule has 3 N–H and O–H groups in total. The maximum Gasteiger partial charge on any atom is 0.338 e. The first kappa shape index (κ1) is 16.3. The molecule has 2 aromatic rings. The Bertz CT molecular complexity index is 688. The van der Waals surface area contributed by atoms with Crippen LogP contribution in [-0.4, -0.2) is 22.3 Å². The van der Waals surface area contributed by atoms with Crippen molar-refractivity contribution in [2.75, 3.05) is 0 Å². The number of carbonyl (C=O) groups excluding carboxylic acids is 1. The fourth-order valence-electron chi connectivity index (χ4n) is 3.07. The highest BCUT2D eigenvalue weighted by Crippen LogP contribution is 2.50. The van der Waals surface area contributed by atoms with Gasteiger partial charge in [-0.25, -0.2) is 9.86 Å². The minimum absolute atomic E-state index is 0.235. The zero-order valence-corrected chi connectivity index (χ0v) is 13.6. The number of amides is 2. The molecular formula is C19H22N2O3. The molecule has 5 nitrogen and oxygen atoms in total. The van der Waals surface area contributed by atoms with Crippen LogP contribution >= 0.6 is 0 Å². The predicted molar refractivity (Wildman–Crippen MR) is 90.7 cm³/mol. The molecule has 24 heavy (non-hydrogen) atoms. The topological polar surface area (TPSA) is 75.8 Å². The molecule has 5 heteroatoms. The third-order valence-corrected chi connectivity index (χ3v) is 4.63. The molecule has 0 aromatic heterocycles. The number of nitrogens with two attached hydrogens (primary N) is 1. The van der Waals surface area contributed by atoms with Crippen LogP contribution in [0.3, 0.4) is 0 Å². The van der Waals surface area contributed by atoms with Gasteiger partial charge in [-0.1, -0.05) is 42.5 Å². The number of ether oxygens (including phenoxy) is 1. The molecule has 0 aliphatic heterocycles. The van der Waals surface area contributed by atoms with Gasteiger partial charge in [-0.15, -0.1) is 0 Å². The fourth-order valence-corrected chi connectivity index (χ4v) is 3.07. The molecule has 0 heterocycles. The van der Waals surface area contributed by atoms with E-state index in [1.54, 1.807) is 0 Å². The fraction of sp³-hybridized carbons (Fsp3) is 0.316. The molecule has 0 bridgehead atoms. The summed E-state index contributed by atoms with van der Waals surface area (Å²) in [5.41, 5.74) is 7.43. The number of urea groups is 1. The molecule has 0 spiro atoms. The number of hydrogen-bond acceptors (Lipinski definition) is 3. The molecule has 3 rings (SSSR count). The number of primary amides is 1. The van der Waals surface area contributed by atoms with Gasteiger partial charge < -0.3 is 10.5 Å². The van der Waals surface area contributed by atoms with E-state index < -0.39 is 6.03 Å². The maximum absolute atomic E-state index is 11.0. The number of rotatable bonds is 6. The second-order valence-electron chi connectivity index (χ2n) is 6.27. The second kappa shape index (κ2) is 6.93. The molecule has 0 radical (unpaired) electrons. The van der Waals surface area contributed by atoms with Gasteiger partial charge in [0.05, 0.1) is 6.04 Å². The molecular weight excluding hydrogens is 304 g/mol. The van der Waals surface area contributed by atoms with Crippen LogP contribution in [0.1, 0.15) is 30.4 Å². The van der Waals surface area contributed by atoms with E-state index in [0.717, 1.165) is 17.7 Å². The summed E-state index contributed by atoms with van der Waals surface area (Å²) in [6.45, 7) is 2.36.